The average molecular weight is 529 g/mol. The summed E-state index contributed by atoms with van der Waals surface area (Å²) >= 11 is 0. The van der Waals surface area contributed by atoms with Gasteiger partial charge < -0.3 is 9.47 Å². The Bertz CT molecular complexity index is 1910. The van der Waals surface area contributed by atoms with E-state index in [2.05, 4.69) is 162 Å². The molecule has 6 aromatic rings. The largest absolute Gasteiger partial charge is 0.331 e. The number of aryl methyl sites for hydroxylation is 2. The van der Waals surface area contributed by atoms with Gasteiger partial charge in [-0.2, -0.15) is 0 Å². The van der Waals surface area contributed by atoms with E-state index in [4.69, 9.17) is 0 Å². The molecule has 2 atom stereocenters. The highest BCUT2D eigenvalue weighted by Crippen LogP contribution is 2.59. The van der Waals surface area contributed by atoms with Crippen molar-refractivity contribution in [3.8, 4) is 5.69 Å². The first-order valence-corrected chi connectivity index (χ1v) is 14.6. The van der Waals surface area contributed by atoms with Gasteiger partial charge in [0.2, 0.25) is 0 Å². The summed E-state index contributed by atoms with van der Waals surface area (Å²) in [5.74, 6) is 0.210. The molecule has 1 aliphatic heterocycles. The van der Waals surface area contributed by atoms with E-state index < -0.39 is 0 Å². The van der Waals surface area contributed by atoms with E-state index >= 15 is 0 Å². The Labute approximate surface area is 241 Å². The van der Waals surface area contributed by atoms with Crippen molar-refractivity contribution in [2.45, 2.75) is 31.2 Å². The predicted octanol–water partition coefficient (Wildman–Crippen LogP) is 9.48. The lowest BCUT2D eigenvalue weighted by molar-refractivity contribution is 0.533. The van der Waals surface area contributed by atoms with Gasteiger partial charge in [-0.3, -0.25) is 0 Å². The second-order valence-electron chi connectivity index (χ2n) is 11.5. The molecule has 2 heterocycles. The van der Waals surface area contributed by atoms with Gasteiger partial charge in [0.1, 0.15) is 0 Å². The van der Waals surface area contributed by atoms with Gasteiger partial charge in [0.25, 0.3) is 0 Å². The van der Waals surface area contributed by atoms with Gasteiger partial charge in [-0.15, -0.1) is 0 Å². The van der Waals surface area contributed by atoms with Gasteiger partial charge in [-0.05, 0) is 84.5 Å². The molecule has 8 rings (SSSR count). The molecule has 0 spiro atoms. The van der Waals surface area contributed by atoms with Crippen LogP contribution in [0.4, 0.5) is 11.4 Å². The van der Waals surface area contributed by atoms with E-state index in [1.54, 1.807) is 0 Å². The maximum Gasteiger partial charge on any atom is 0.0719 e. The number of hydrogen-bond acceptors (Lipinski definition) is 1. The molecule has 0 radical (unpaired) electrons. The Balaban J connectivity index is 1.28. The van der Waals surface area contributed by atoms with Crippen LogP contribution >= 0.6 is 0 Å². The molecule has 0 saturated heterocycles. The average Bonchev–Trinajstić information content (AvgIpc) is 3.50. The van der Waals surface area contributed by atoms with Crippen LogP contribution in [0.1, 0.15) is 40.8 Å². The number of benzene rings is 5. The molecule has 2 unspecified atom stereocenters. The van der Waals surface area contributed by atoms with Crippen molar-refractivity contribution in [3.05, 3.63) is 167 Å². The van der Waals surface area contributed by atoms with Crippen LogP contribution in [0, 0.1) is 0 Å². The van der Waals surface area contributed by atoms with Crippen LogP contribution in [0.25, 0.3) is 22.7 Å². The smallest absolute Gasteiger partial charge is 0.0719 e. The summed E-state index contributed by atoms with van der Waals surface area (Å²) in [5.41, 5.74) is 11.6. The minimum Gasteiger partial charge on any atom is -0.331 e. The molecule has 0 amide bonds. The van der Waals surface area contributed by atoms with Crippen molar-refractivity contribution in [3.63, 3.8) is 0 Å². The highest BCUT2D eigenvalue weighted by molar-refractivity contribution is 5.95. The van der Waals surface area contributed by atoms with Gasteiger partial charge in [0.05, 0.1) is 16.7 Å². The summed E-state index contributed by atoms with van der Waals surface area (Å²) in [6.45, 7) is 2.42. The SMILES string of the molecule is CC12C=Cc3c(c4ccccc4n3-c3ccccc3)C1c1ccccc1N2c1cccc(CCc2ccccc2)c1. The molecule has 2 nitrogen and oxygen atoms in total. The molecule has 0 saturated carbocycles. The van der Waals surface area contributed by atoms with Crippen LogP contribution in [-0.4, -0.2) is 10.1 Å². The third-order valence-electron chi connectivity index (χ3n) is 9.10. The zero-order chi connectivity index (χ0) is 27.4. The van der Waals surface area contributed by atoms with Gasteiger partial charge >= 0.3 is 0 Å². The van der Waals surface area contributed by atoms with Crippen molar-refractivity contribution in [1.29, 1.82) is 0 Å². The minimum atomic E-state index is -0.236. The van der Waals surface area contributed by atoms with Crippen LogP contribution < -0.4 is 4.90 Å². The Hall–Kier alpha value is -4.82. The molecule has 41 heavy (non-hydrogen) atoms. The predicted molar refractivity (Wildman–Crippen MR) is 171 cm³/mol. The number of aromatic nitrogens is 1. The Morgan fingerprint density at radius 1 is 0.634 bits per heavy atom. The molecule has 1 aliphatic carbocycles. The normalized spacial score (nSPS) is 18.8. The monoisotopic (exact) mass is 528 g/mol. The Kier molecular flexibility index (Phi) is 5.50. The summed E-state index contributed by atoms with van der Waals surface area (Å²) in [6, 6.07) is 48.7. The number of fused-ring (bicyclic) bond motifs is 7. The standard InChI is InChI=1S/C39H32N2/c1-39-26-25-36-37(32-19-8-10-21-34(32)40(36)30-16-6-3-7-17-30)38(39)33-20-9-11-22-35(33)41(39)31-18-12-15-29(27-31)24-23-28-13-4-2-5-14-28/h2-22,25-27,38H,23-24H2,1H3. The maximum atomic E-state index is 2.59. The molecule has 0 fully saturated rings. The quantitative estimate of drug-likeness (QED) is 0.216. The van der Waals surface area contributed by atoms with Crippen molar-refractivity contribution < 1.29 is 0 Å². The van der Waals surface area contributed by atoms with Gasteiger partial charge in [-0.1, -0.05) is 103 Å². The minimum absolute atomic E-state index is 0.210. The van der Waals surface area contributed by atoms with Crippen LogP contribution in [0.15, 0.2) is 140 Å². The highest BCUT2D eigenvalue weighted by Gasteiger charge is 2.51. The number of para-hydroxylation sites is 3. The lowest BCUT2D eigenvalue weighted by atomic mass is 9.74. The van der Waals surface area contributed by atoms with Crippen molar-refractivity contribution in [2.75, 3.05) is 4.90 Å². The summed E-state index contributed by atoms with van der Waals surface area (Å²) in [5, 5.41) is 1.33. The maximum absolute atomic E-state index is 2.59. The lowest BCUT2D eigenvalue weighted by Gasteiger charge is -2.41. The van der Waals surface area contributed by atoms with Crippen molar-refractivity contribution >= 4 is 28.4 Å². The van der Waals surface area contributed by atoms with E-state index in [-0.39, 0.29) is 11.5 Å². The molecule has 5 aromatic carbocycles. The molecule has 0 bridgehead atoms. The van der Waals surface area contributed by atoms with Gasteiger partial charge in [-0.25, -0.2) is 0 Å². The number of rotatable bonds is 5. The number of nitrogens with zero attached hydrogens (tertiary/aromatic N) is 2. The number of anilines is 2. The van der Waals surface area contributed by atoms with E-state index in [0.717, 1.165) is 12.8 Å². The Morgan fingerprint density at radius 2 is 1.29 bits per heavy atom. The fourth-order valence-corrected chi connectivity index (χ4v) is 7.31. The second-order valence-corrected chi connectivity index (χ2v) is 11.5. The zero-order valence-corrected chi connectivity index (χ0v) is 23.2. The first-order valence-electron chi connectivity index (χ1n) is 14.6. The van der Waals surface area contributed by atoms with Crippen molar-refractivity contribution in [2.24, 2.45) is 0 Å². The summed E-state index contributed by atoms with van der Waals surface area (Å²) in [7, 11) is 0. The molecule has 198 valence electrons. The third kappa shape index (κ3) is 3.71. The zero-order valence-electron chi connectivity index (χ0n) is 23.2. The van der Waals surface area contributed by atoms with E-state index in [9.17, 15) is 0 Å². The second kappa shape index (κ2) is 9.38. The molecular weight excluding hydrogens is 496 g/mol. The summed E-state index contributed by atoms with van der Waals surface area (Å²) in [6.07, 6.45) is 6.90. The highest BCUT2D eigenvalue weighted by atomic mass is 15.2. The van der Waals surface area contributed by atoms with E-state index in [0.29, 0.717) is 0 Å². The summed E-state index contributed by atoms with van der Waals surface area (Å²) in [4.78, 5) is 2.59. The first-order chi connectivity index (χ1) is 20.2. The fourth-order valence-electron chi connectivity index (χ4n) is 7.31. The topological polar surface area (TPSA) is 8.17 Å². The molecule has 0 N–H and O–H groups in total. The molecule has 2 aliphatic rings. The van der Waals surface area contributed by atoms with Crippen LogP contribution in [0.3, 0.4) is 0 Å². The third-order valence-corrected chi connectivity index (χ3v) is 9.10. The van der Waals surface area contributed by atoms with Crippen LogP contribution in [-0.2, 0) is 12.8 Å². The molecule has 1 aromatic heterocycles. The number of hydrogen-bond donors (Lipinski definition) is 0. The van der Waals surface area contributed by atoms with Gasteiger partial charge in [0, 0.05) is 28.4 Å². The first kappa shape index (κ1) is 24.0. The van der Waals surface area contributed by atoms with Crippen molar-refractivity contribution in [1.82, 2.24) is 4.57 Å². The van der Waals surface area contributed by atoms with Crippen LogP contribution in [0.5, 0.6) is 0 Å². The van der Waals surface area contributed by atoms with Crippen LogP contribution in [0.2, 0.25) is 0 Å². The molecule has 2 heteroatoms. The lowest BCUT2D eigenvalue weighted by Crippen LogP contribution is -2.43. The molecular formula is C39H32N2. The van der Waals surface area contributed by atoms with Gasteiger partial charge in [0.15, 0.2) is 0 Å². The van der Waals surface area contributed by atoms with E-state index in [1.807, 2.05) is 0 Å². The Morgan fingerprint density at radius 3 is 2.15 bits per heavy atom. The fraction of sp³-hybridized carbons (Fsp3) is 0.128. The summed E-state index contributed by atoms with van der Waals surface area (Å²) < 4.78 is 2.44. The van der Waals surface area contributed by atoms with E-state index in [1.165, 1.54) is 55.9 Å².